The molecule has 0 spiro atoms. The van der Waals surface area contributed by atoms with E-state index in [1.165, 1.54) is 4.88 Å². The summed E-state index contributed by atoms with van der Waals surface area (Å²) in [5, 5.41) is 7.67. The van der Waals surface area contributed by atoms with Crippen molar-refractivity contribution in [2.45, 2.75) is 26.3 Å². The maximum absolute atomic E-state index is 5.41. The van der Waals surface area contributed by atoms with Crippen LogP contribution < -0.4 is 20.1 Å². The van der Waals surface area contributed by atoms with E-state index in [4.69, 9.17) is 9.47 Å². The standard InChI is InChI=1S/C18H26N4O2S/c1-5-15-11-21-17(25-15)12-22-18(19-2)20-9-8-13-10-14(23-3)6-7-16(13)24-4/h6-7,10-11H,5,8-9,12H2,1-4H3,(H2,19,20,22). The Morgan fingerprint density at radius 1 is 1.24 bits per heavy atom. The van der Waals surface area contributed by atoms with Crippen LogP contribution in [0.3, 0.4) is 0 Å². The first-order chi connectivity index (χ1) is 12.2. The summed E-state index contributed by atoms with van der Waals surface area (Å²) in [6, 6.07) is 5.82. The average Bonchev–Trinajstić information content (AvgIpc) is 3.12. The zero-order valence-corrected chi connectivity index (χ0v) is 16.1. The van der Waals surface area contributed by atoms with Crippen molar-refractivity contribution in [2.24, 2.45) is 4.99 Å². The molecule has 1 aromatic carbocycles. The van der Waals surface area contributed by atoms with Crippen LogP contribution in [0.5, 0.6) is 11.5 Å². The molecule has 0 aliphatic rings. The third-order valence-electron chi connectivity index (χ3n) is 3.75. The fourth-order valence-corrected chi connectivity index (χ4v) is 3.17. The summed E-state index contributed by atoms with van der Waals surface area (Å²) >= 11 is 1.73. The Bertz CT molecular complexity index is 700. The van der Waals surface area contributed by atoms with E-state index >= 15 is 0 Å². The average molecular weight is 362 g/mol. The van der Waals surface area contributed by atoms with Gasteiger partial charge in [0.15, 0.2) is 5.96 Å². The number of benzene rings is 1. The zero-order valence-electron chi connectivity index (χ0n) is 15.3. The van der Waals surface area contributed by atoms with E-state index in [2.05, 4.69) is 27.5 Å². The molecule has 0 aliphatic carbocycles. The first-order valence-corrected chi connectivity index (χ1v) is 9.10. The van der Waals surface area contributed by atoms with Crippen LogP contribution in [0.15, 0.2) is 29.4 Å². The van der Waals surface area contributed by atoms with E-state index in [0.29, 0.717) is 6.54 Å². The van der Waals surface area contributed by atoms with Crippen LogP contribution in [0.1, 0.15) is 22.4 Å². The molecule has 136 valence electrons. The van der Waals surface area contributed by atoms with Crippen LogP contribution in [0.25, 0.3) is 0 Å². The van der Waals surface area contributed by atoms with Gasteiger partial charge >= 0.3 is 0 Å². The topological polar surface area (TPSA) is 67.8 Å². The molecule has 2 rings (SSSR count). The molecule has 0 aliphatic heterocycles. The molecule has 0 amide bonds. The van der Waals surface area contributed by atoms with Crippen molar-refractivity contribution in [3.05, 3.63) is 39.8 Å². The van der Waals surface area contributed by atoms with Crippen molar-refractivity contribution in [3.63, 3.8) is 0 Å². The predicted octanol–water partition coefficient (Wildman–Crippen LogP) is 2.63. The van der Waals surface area contributed by atoms with Gasteiger partial charge in [-0.3, -0.25) is 4.99 Å². The molecule has 0 saturated heterocycles. The van der Waals surface area contributed by atoms with Gasteiger partial charge in [0.25, 0.3) is 0 Å². The number of hydrogen-bond acceptors (Lipinski definition) is 5. The van der Waals surface area contributed by atoms with Crippen molar-refractivity contribution in [2.75, 3.05) is 27.8 Å². The number of nitrogens with one attached hydrogen (secondary N) is 2. The molecule has 0 saturated carbocycles. The van der Waals surface area contributed by atoms with Crippen molar-refractivity contribution in [3.8, 4) is 11.5 Å². The number of methoxy groups -OCH3 is 2. The van der Waals surface area contributed by atoms with Gasteiger partial charge in [-0.2, -0.15) is 0 Å². The van der Waals surface area contributed by atoms with Crippen LogP contribution in [0, 0.1) is 0 Å². The number of guanidine groups is 1. The minimum Gasteiger partial charge on any atom is -0.497 e. The number of hydrogen-bond donors (Lipinski definition) is 2. The molecule has 0 unspecified atom stereocenters. The van der Waals surface area contributed by atoms with Crippen LogP contribution in [0.2, 0.25) is 0 Å². The van der Waals surface area contributed by atoms with Crippen LogP contribution >= 0.6 is 11.3 Å². The molecule has 0 radical (unpaired) electrons. The van der Waals surface area contributed by atoms with E-state index < -0.39 is 0 Å². The van der Waals surface area contributed by atoms with Gasteiger partial charge in [0, 0.05) is 24.7 Å². The van der Waals surface area contributed by atoms with Gasteiger partial charge in [-0.1, -0.05) is 6.92 Å². The number of nitrogens with zero attached hydrogens (tertiary/aromatic N) is 2. The fourth-order valence-electron chi connectivity index (χ4n) is 2.37. The molecule has 0 bridgehead atoms. The summed E-state index contributed by atoms with van der Waals surface area (Å²) in [6.07, 6.45) is 3.76. The highest BCUT2D eigenvalue weighted by molar-refractivity contribution is 7.11. The van der Waals surface area contributed by atoms with Gasteiger partial charge < -0.3 is 20.1 Å². The van der Waals surface area contributed by atoms with Crippen LogP contribution in [0.4, 0.5) is 0 Å². The highest BCUT2D eigenvalue weighted by atomic mass is 32.1. The lowest BCUT2D eigenvalue weighted by Gasteiger charge is -2.13. The Morgan fingerprint density at radius 2 is 2.08 bits per heavy atom. The minimum atomic E-state index is 0.673. The number of aliphatic imine (C=N–C) groups is 1. The lowest BCUT2D eigenvalue weighted by Crippen LogP contribution is -2.37. The van der Waals surface area contributed by atoms with Crippen LogP contribution in [-0.2, 0) is 19.4 Å². The Kier molecular flexibility index (Phi) is 7.53. The van der Waals surface area contributed by atoms with Crippen LogP contribution in [-0.4, -0.2) is 38.8 Å². The lowest BCUT2D eigenvalue weighted by molar-refractivity contribution is 0.398. The highest BCUT2D eigenvalue weighted by Gasteiger charge is 2.06. The number of aromatic nitrogens is 1. The number of rotatable bonds is 8. The zero-order chi connectivity index (χ0) is 18.1. The summed E-state index contributed by atoms with van der Waals surface area (Å²) < 4.78 is 10.7. The Morgan fingerprint density at radius 3 is 2.72 bits per heavy atom. The molecule has 25 heavy (non-hydrogen) atoms. The maximum Gasteiger partial charge on any atom is 0.191 e. The molecule has 2 N–H and O–H groups in total. The molecule has 1 aromatic heterocycles. The first-order valence-electron chi connectivity index (χ1n) is 8.29. The molecule has 1 heterocycles. The van der Waals surface area contributed by atoms with Gasteiger partial charge in [0.05, 0.1) is 20.8 Å². The molecule has 6 nitrogen and oxygen atoms in total. The van der Waals surface area contributed by atoms with Crippen molar-refractivity contribution < 1.29 is 9.47 Å². The maximum atomic E-state index is 5.41. The molecule has 7 heteroatoms. The molecule has 2 aromatic rings. The summed E-state index contributed by atoms with van der Waals surface area (Å²) in [4.78, 5) is 9.95. The lowest BCUT2D eigenvalue weighted by atomic mass is 10.1. The summed E-state index contributed by atoms with van der Waals surface area (Å²) in [7, 11) is 5.11. The van der Waals surface area contributed by atoms with Crippen molar-refractivity contribution in [1.82, 2.24) is 15.6 Å². The van der Waals surface area contributed by atoms with Gasteiger partial charge in [-0.05, 0) is 36.6 Å². The smallest absolute Gasteiger partial charge is 0.191 e. The Hall–Kier alpha value is -2.28. The normalized spacial score (nSPS) is 11.3. The second-order valence-electron chi connectivity index (χ2n) is 5.35. The fraction of sp³-hybridized carbons (Fsp3) is 0.444. The van der Waals surface area contributed by atoms with Gasteiger partial charge in [0.1, 0.15) is 16.5 Å². The first kappa shape index (κ1) is 19.1. The number of aryl methyl sites for hydroxylation is 1. The van der Waals surface area contributed by atoms with Crippen molar-refractivity contribution >= 4 is 17.3 Å². The molecule has 0 atom stereocenters. The van der Waals surface area contributed by atoms with E-state index in [1.54, 1.807) is 32.6 Å². The molecular weight excluding hydrogens is 336 g/mol. The van der Waals surface area contributed by atoms with E-state index in [0.717, 1.165) is 47.4 Å². The van der Waals surface area contributed by atoms with Gasteiger partial charge in [-0.25, -0.2) is 4.98 Å². The number of thiazole rings is 1. The van der Waals surface area contributed by atoms with Gasteiger partial charge in [0.2, 0.25) is 0 Å². The van der Waals surface area contributed by atoms with E-state index in [-0.39, 0.29) is 0 Å². The SMILES string of the molecule is CCc1cnc(CNC(=NC)NCCc2cc(OC)ccc2OC)s1. The second-order valence-corrected chi connectivity index (χ2v) is 6.55. The monoisotopic (exact) mass is 362 g/mol. The van der Waals surface area contributed by atoms with Crippen molar-refractivity contribution in [1.29, 1.82) is 0 Å². The summed E-state index contributed by atoms with van der Waals surface area (Å²) in [5.41, 5.74) is 1.09. The van der Waals surface area contributed by atoms with Gasteiger partial charge in [-0.15, -0.1) is 11.3 Å². The highest BCUT2D eigenvalue weighted by Crippen LogP contribution is 2.24. The quantitative estimate of drug-likeness (QED) is 0.558. The Balaban J connectivity index is 1.84. The summed E-state index contributed by atoms with van der Waals surface area (Å²) in [6.45, 7) is 3.55. The molecule has 0 fully saturated rings. The predicted molar refractivity (Wildman–Crippen MR) is 103 cm³/mol. The second kappa shape index (κ2) is 9.88. The largest absolute Gasteiger partial charge is 0.497 e. The Labute approximate surface area is 153 Å². The van der Waals surface area contributed by atoms with E-state index in [1.807, 2.05) is 24.4 Å². The summed E-state index contributed by atoms with van der Waals surface area (Å²) in [5.74, 6) is 2.45. The minimum absolute atomic E-state index is 0.673. The molecular formula is C18H26N4O2S. The van der Waals surface area contributed by atoms with E-state index in [9.17, 15) is 0 Å². The third kappa shape index (κ3) is 5.63. The third-order valence-corrected chi connectivity index (χ3v) is 4.90. The number of ether oxygens (including phenoxy) is 2.